The number of hydrogen-bond acceptors (Lipinski definition) is 3. The second-order valence-electron chi connectivity index (χ2n) is 6.95. The summed E-state index contributed by atoms with van der Waals surface area (Å²) in [5.74, 6) is 1.73. The smallest absolute Gasteiger partial charge is 0.223 e. The van der Waals surface area contributed by atoms with Crippen LogP contribution in [0, 0.1) is 11.8 Å². The number of rotatable bonds is 5. The number of hydrogen-bond donors (Lipinski definition) is 0. The minimum Gasteiger partial charge on any atom is -0.378 e. The Balaban J connectivity index is 1.66. The van der Waals surface area contributed by atoms with Crippen molar-refractivity contribution in [2.45, 2.75) is 46.0 Å². The molecule has 0 atom stereocenters. The number of ether oxygens (including phenoxy) is 1. The summed E-state index contributed by atoms with van der Waals surface area (Å²) in [5, 5.41) is 0. The molecule has 0 aromatic heterocycles. The molecular weight excluding hydrogens is 280 g/mol. The van der Waals surface area contributed by atoms with E-state index < -0.39 is 0 Å². The Morgan fingerprint density at radius 2 is 1.45 bits per heavy atom. The third-order valence-electron chi connectivity index (χ3n) is 4.69. The predicted molar refractivity (Wildman–Crippen MR) is 85.4 cm³/mol. The maximum atomic E-state index is 12.2. The standard InChI is InChI=1S/C17H30N2O3/c1-14(2)13-15-5-7-18(8-6-15)16(20)3-4-17(21)19-9-11-22-12-10-19/h14-15H,3-13H2,1-2H3. The minimum absolute atomic E-state index is 0.0892. The Morgan fingerprint density at radius 3 is 1.95 bits per heavy atom. The van der Waals surface area contributed by atoms with Crippen LogP contribution in [0.4, 0.5) is 0 Å². The zero-order valence-electron chi connectivity index (χ0n) is 14.1. The topological polar surface area (TPSA) is 49.9 Å². The Bertz CT molecular complexity index is 370. The molecule has 0 unspecified atom stereocenters. The van der Waals surface area contributed by atoms with Crippen molar-refractivity contribution in [3.63, 3.8) is 0 Å². The van der Waals surface area contributed by atoms with E-state index in [1.165, 1.54) is 6.42 Å². The Hall–Kier alpha value is -1.10. The molecule has 0 aliphatic carbocycles. The van der Waals surface area contributed by atoms with E-state index in [-0.39, 0.29) is 11.8 Å². The van der Waals surface area contributed by atoms with Gasteiger partial charge in [-0.3, -0.25) is 9.59 Å². The number of nitrogens with zero attached hydrogens (tertiary/aromatic N) is 2. The number of piperidine rings is 1. The van der Waals surface area contributed by atoms with Crippen molar-refractivity contribution >= 4 is 11.8 Å². The quantitative estimate of drug-likeness (QED) is 0.779. The van der Waals surface area contributed by atoms with Gasteiger partial charge in [-0.2, -0.15) is 0 Å². The lowest BCUT2D eigenvalue weighted by Crippen LogP contribution is -2.42. The van der Waals surface area contributed by atoms with Crippen LogP contribution in [0.5, 0.6) is 0 Å². The molecule has 2 aliphatic heterocycles. The van der Waals surface area contributed by atoms with Crippen molar-refractivity contribution in [1.29, 1.82) is 0 Å². The van der Waals surface area contributed by atoms with Crippen LogP contribution in [-0.2, 0) is 14.3 Å². The van der Waals surface area contributed by atoms with Crippen LogP contribution >= 0.6 is 0 Å². The molecule has 0 spiro atoms. The molecular formula is C17H30N2O3. The highest BCUT2D eigenvalue weighted by Crippen LogP contribution is 2.24. The maximum Gasteiger partial charge on any atom is 0.223 e. The molecule has 0 bridgehead atoms. The molecule has 5 heteroatoms. The van der Waals surface area contributed by atoms with E-state index in [4.69, 9.17) is 4.74 Å². The summed E-state index contributed by atoms with van der Waals surface area (Å²) in [7, 11) is 0. The summed E-state index contributed by atoms with van der Waals surface area (Å²) in [5.41, 5.74) is 0. The van der Waals surface area contributed by atoms with Gasteiger partial charge in [0, 0.05) is 39.0 Å². The van der Waals surface area contributed by atoms with Gasteiger partial charge in [-0.05, 0) is 31.1 Å². The summed E-state index contributed by atoms with van der Waals surface area (Å²) in [6.07, 6.45) is 4.18. The van der Waals surface area contributed by atoms with Gasteiger partial charge in [-0.25, -0.2) is 0 Å². The fraction of sp³-hybridized carbons (Fsp3) is 0.882. The van der Waals surface area contributed by atoms with Gasteiger partial charge in [0.15, 0.2) is 0 Å². The third kappa shape index (κ3) is 5.27. The number of carbonyl (C=O) groups is 2. The van der Waals surface area contributed by atoms with Gasteiger partial charge in [-0.1, -0.05) is 13.8 Å². The van der Waals surface area contributed by atoms with E-state index in [0.717, 1.165) is 37.8 Å². The van der Waals surface area contributed by atoms with Crippen LogP contribution in [0.1, 0.15) is 46.0 Å². The fourth-order valence-corrected chi connectivity index (χ4v) is 3.43. The molecule has 5 nitrogen and oxygen atoms in total. The van der Waals surface area contributed by atoms with E-state index in [1.807, 2.05) is 9.80 Å². The molecule has 2 fully saturated rings. The van der Waals surface area contributed by atoms with Gasteiger partial charge in [0.25, 0.3) is 0 Å². The van der Waals surface area contributed by atoms with Gasteiger partial charge in [0.05, 0.1) is 13.2 Å². The van der Waals surface area contributed by atoms with Crippen LogP contribution in [-0.4, -0.2) is 61.0 Å². The first-order chi connectivity index (χ1) is 10.6. The Kier molecular flexibility index (Phi) is 6.68. The lowest BCUT2D eigenvalue weighted by Gasteiger charge is -2.33. The molecule has 0 N–H and O–H groups in total. The molecule has 0 saturated carbocycles. The number of amides is 2. The predicted octanol–water partition coefficient (Wildman–Crippen LogP) is 1.91. The SMILES string of the molecule is CC(C)CC1CCN(C(=O)CCC(=O)N2CCOCC2)CC1. The van der Waals surface area contributed by atoms with Gasteiger partial charge < -0.3 is 14.5 Å². The average Bonchev–Trinajstić information content (AvgIpc) is 2.53. The van der Waals surface area contributed by atoms with Crippen molar-refractivity contribution in [1.82, 2.24) is 9.80 Å². The van der Waals surface area contributed by atoms with Gasteiger partial charge in [0.1, 0.15) is 0 Å². The lowest BCUT2D eigenvalue weighted by atomic mass is 9.88. The van der Waals surface area contributed by atoms with E-state index in [0.29, 0.717) is 39.1 Å². The summed E-state index contributed by atoms with van der Waals surface area (Å²) < 4.78 is 5.24. The van der Waals surface area contributed by atoms with Crippen molar-refractivity contribution in [3.8, 4) is 0 Å². The molecule has 2 rings (SSSR count). The summed E-state index contributed by atoms with van der Waals surface area (Å²) in [6.45, 7) is 8.79. The first-order valence-electron chi connectivity index (χ1n) is 8.69. The average molecular weight is 310 g/mol. The zero-order valence-corrected chi connectivity index (χ0v) is 14.1. The van der Waals surface area contributed by atoms with Crippen molar-refractivity contribution < 1.29 is 14.3 Å². The first-order valence-corrected chi connectivity index (χ1v) is 8.69. The Morgan fingerprint density at radius 1 is 0.955 bits per heavy atom. The molecule has 0 aromatic rings. The van der Waals surface area contributed by atoms with Crippen LogP contribution in [0.3, 0.4) is 0 Å². The molecule has 0 aromatic carbocycles. The highest BCUT2D eigenvalue weighted by Gasteiger charge is 2.24. The molecule has 2 aliphatic rings. The van der Waals surface area contributed by atoms with E-state index in [2.05, 4.69) is 13.8 Å². The highest BCUT2D eigenvalue weighted by atomic mass is 16.5. The first kappa shape index (κ1) is 17.3. The molecule has 2 heterocycles. The summed E-state index contributed by atoms with van der Waals surface area (Å²) in [6, 6.07) is 0. The monoisotopic (exact) mass is 310 g/mol. The van der Waals surface area contributed by atoms with Gasteiger partial charge >= 0.3 is 0 Å². The molecule has 2 saturated heterocycles. The number of morpholine rings is 1. The van der Waals surface area contributed by atoms with Gasteiger partial charge in [-0.15, -0.1) is 0 Å². The fourth-order valence-electron chi connectivity index (χ4n) is 3.43. The van der Waals surface area contributed by atoms with Crippen LogP contribution in [0.15, 0.2) is 0 Å². The van der Waals surface area contributed by atoms with Crippen molar-refractivity contribution in [2.24, 2.45) is 11.8 Å². The molecule has 0 radical (unpaired) electrons. The maximum absolute atomic E-state index is 12.2. The second-order valence-corrected chi connectivity index (χ2v) is 6.95. The van der Waals surface area contributed by atoms with E-state index in [1.54, 1.807) is 0 Å². The van der Waals surface area contributed by atoms with Crippen molar-refractivity contribution in [3.05, 3.63) is 0 Å². The van der Waals surface area contributed by atoms with Crippen LogP contribution in [0.25, 0.3) is 0 Å². The normalized spacial score (nSPS) is 20.5. The van der Waals surface area contributed by atoms with Gasteiger partial charge in [0.2, 0.25) is 11.8 Å². The second kappa shape index (κ2) is 8.51. The van der Waals surface area contributed by atoms with Crippen LogP contribution < -0.4 is 0 Å². The van der Waals surface area contributed by atoms with Crippen molar-refractivity contribution in [2.75, 3.05) is 39.4 Å². The molecule has 22 heavy (non-hydrogen) atoms. The minimum atomic E-state index is 0.0892. The molecule has 126 valence electrons. The van der Waals surface area contributed by atoms with Crippen LogP contribution in [0.2, 0.25) is 0 Å². The number of carbonyl (C=O) groups excluding carboxylic acids is 2. The third-order valence-corrected chi connectivity index (χ3v) is 4.69. The largest absolute Gasteiger partial charge is 0.378 e. The Labute approximate surface area is 134 Å². The highest BCUT2D eigenvalue weighted by molar-refractivity contribution is 5.83. The van der Waals surface area contributed by atoms with E-state index in [9.17, 15) is 9.59 Å². The summed E-state index contributed by atoms with van der Waals surface area (Å²) >= 11 is 0. The van der Waals surface area contributed by atoms with E-state index >= 15 is 0 Å². The molecule has 2 amide bonds. The lowest BCUT2D eigenvalue weighted by molar-refractivity contribution is -0.140. The zero-order chi connectivity index (χ0) is 15.9. The number of likely N-dealkylation sites (tertiary alicyclic amines) is 1. The summed E-state index contributed by atoms with van der Waals surface area (Å²) in [4.78, 5) is 28.1.